The number of benzene rings is 4. The lowest BCUT2D eigenvalue weighted by Crippen LogP contribution is -2.58. The van der Waals surface area contributed by atoms with E-state index in [-0.39, 0.29) is 28.8 Å². The van der Waals surface area contributed by atoms with Gasteiger partial charge < -0.3 is 15.1 Å². The van der Waals surface area contributed by atoms with Gasteiger partial charge in [-0.15, -0.1) is 0 Å². The van der Waals surface area contributed by atoms with Crippen molar-refractivity contribution < 1.29 is 23.2 Å². The highest BCUT2D eigenvalue weighted by Crippen LogP contribution is 2.45. The largest absolute Gasteiger partial charge is 0.335 e. The standard InChI is InChI=1S/C34H29F2N3O3/c35-28-11-5-9-26(21-28)30(36)25-8-4-10-27(20-25)32(41)38-18-19-39(34(22-38)16-17-34)33(42)24-12-14-29(15-13-24)37-31(40)23-6-2-1-3-7-23/h1-15,20-21,30H,16-19,22H2,(H,37,40). The molecule has 6 rings (SSSR count). The lowest BCUT2D eigenvalue weighted by atomic mass is 9.99. The van der Waals surface area contributed by atoms with E-state index >= 15 is 4.39 Å². The molecule has 1 unspecified atom stereocenters. The van der Waals surface area contributed by atoms with Gasteiger partial charge in [-0.25, -0.2) is 8.78 Å². The van der Waals surface area contributed by atoms with Crippen LogP contribution in [-0.2, 0) is 0 Å². The molecule has 2 aliphatic rings. The Hall–Kier alpha value is -4.85. The number of alkyl halides is 1. The summed E-state index contributed by atoms with van der Waals surface area (Å²) in [5.74, 6) is -1.08. The molecule has 1 spiro atoms. The summed E-state index contributed by atoms with van der Waals surface area (Å²) < 4.78 is 28.8. The average Bonchev–Trinajstić information content (AvgIpc) is 3.79. The van der Waals surface area contributed by atoms with E-state index in [0.29, 0.717) is 42.0 Å². The number of piperazine rings is 1. The maximum Gasteiger partial charge on any atom is 0.255 e. The summed E-state index contributed by atoms with van der Waals surface area (Å²) in [4.78, 5) is 43.0. The predicted octanol–water partition coefficient (Wildman–Crippen LogP) is 6.27. The quantitative estimate of drug-likeness (QED) is 0.300. The molecule has 0 radical (unpaired) electrons. The van der Waals surface area contributed by atoms with Gasteiger partial charge in [-0.1, -0.05) is 42.5 Å². The van der Waals surface area contributed by atoms with Gasteiger partial charge in [0.25, 0.3) is 17.7 Å². The van der Waals surface area contributed by atoms with Gasteiger partial charge in [0.15, 0.2) is 6.17 Å². The van der Waals surface area contributed by atoms with Gasteiger partial charge in [-0.2, -0.15) is 0 Å². The molecule has 1 aliphatic heterocycles. The SMILES string of the molecule is O=C(Nc1ccc(C(=O)N2CCN(C(=O)c3cccc(C(F)c4cccc(F)c4)c3)CC23CC3)cc1)c1ccccc1. The van der Waals surface area contributed by atoms with E-state index < -0.39 is 17.5 Å². The highest BCUT2D eigenvalue weighted by atomic mass is 19.1. The monoisotopic (exact) mass is 565 g/mol. The van der Waals surface area contributed by atoms with Crippen molar-refractivity contribution >= 4 is 23.4 Å². The molecule has 1 saturated carbocycles. The average molecular weight is 566 g/mol. The molecule has 1 N–H and O–H groups in total. The number of carbonyl (C=O) groups is 3. The molecule has 8 heteroatoms. The third kappa shape index (κ3) is 5.52. The van der Waals surface area contributed by atoms with Gasteiger partial charge >= 0.3 is 0 Å². The van der Waals surface area contributed by atoms with E-state index in [1.807, 2.05) is 11.0 Å². The first-order valence-corrected chi connectivity index (χ1v) is 13.9. The van der Waals surface area contributed by atoms with Crippen LogP contribution < -0.4 is 5.32 Å². The van der Waals surface area contributed by atoms with Crippen LogP contribution in [0.1, 0.15) is 61.2 Å². The molecular weight excluding hydrogens is 536 g/mol. The number of hydrogen-bond acceptors (Lipinski definition) is 3. The topological polar surface area (TPSA) is 69.7 Å². The molecule has 2 fully saturated rings. The minimum Gasteiger partial charge on any atom is -0.335 e. The highest BCUT2D eigenvalue weighted by Gasteiger charge is 2.54. The van der Waals surface area contributed by atoms with Crippen LogP contribution in [0.25, 0.3) is 0 Å². The fourth-order valence-corrected chi connectivity index (χ4v) is 5.55. The molecule has 1 aliphatic carbocycles. The molecule has 212 valence electrons. The highest BCUT2D eigenvalue weighted by molar-refractivity contribution is 6.04. The van der Waals surface area contributed by atoms with Crippen molar-refractivity contribution in [3.05, 3.63) is 137 Å². The van der Waals surface area contributed by atoms with Crippen molar-refractivity contribution in [3.8, 4) is 0 Å². The van der Waals surface area contributed by atoms with Gasteiger partial charge in [0.1, 0.15) is 5.82 Å². The summed E-state index contributed by atoms with van der Waals surface area (Å²) in [6.07, 6.45) is 0.0236. The molecule has 42 heavy (non-hydrogen) atoms. The summed E-state index contributed by atoms with van der Waals surface area (Å²) in [6.45, 7) is 1.13. The Morgan fingerprint density at radius 3 is 2.07 bits per heavy atom. The predicted molar refractivity (Wildman–Crippen MR) is 156 cm³/mol. The fourth-order valence-electron chi connectivity index (χ4n) is 5.55. The Balaban J connectivity index is 1.11. The first-order valence-electron chi connectivity index (χ1n) is 13.9. The van der Waals surface area contributed by atoms with Crippen molar-refractivity contribution in [2.75, 3.05) is 25.0 Å². The number of rotatable bonds is 6. The van der Waals surface area contributed by atoms with Gasteiger partial charge in [0.05, 0.1) is 5.54 Å². The summed E-state index contributed by atoms with van der Waals surface area (Å²) in [7, 11) is 0. The van der Waals surface area contributed by atoms with Crippen molar-refractivity contribution in [2.24, 2.45) is 0 Å². The zero-order valence-electron chi connectivity index (χ0n) is 22.8. The second-order valence-corrected chi connectivity index (χ2v) is 10.8. The summed E-state index contributed by atoms with van der Waals surface area (Å²) in [5.41, 5.74) is 2.05. The zero-order chi connectivity index (χ0) is 29.3. The number of anilines is 1. The van der Waals surface area contributed by atoms with Crippen molar-refractivity contribution in [1.29, 1.82) is 0 Å². The molecule has 1 heterocycles. The minimum atomic E-state index is -1.56. The molecule has 4 aromatic rings. The molecule has 0 bridgehead atoms. The molecule has 0 aromatic heterocycles. The summed E-state index contributed by atoms with van der Waals surface area (Å²) in [5, 5.41) is 2.84. The van der Waals surface area contributed by atoms with E-state index in [4.69, 9.17) is 0 Å². The Kier molecular flexibility index (Phi) is 7.29. The fraction of sp³-hybridized carbons (Fsp3) is 0.206. The molecule has 4 aromatic carbocycles. The Bertz CT molecular complexity index is 1640. The van der Waals surface area contributed by atoms with Crippen LogP contribution in [0.4, 0.5) is 14.5 Å². The minimum absolute atomic E-state index is 0.113. The van der Waals surface area contributed by atoms with Crippen molar-refractivity contribution in [2.45, 2.75) is 24.6 Å². The first-order chi connectivity index (χ1) is 20.3. The Labute approximate surface area is 242 Å². The second kappa shape index (κ2) is 11.2. The maximum atomic E-state index is 15.2. The van der Waals surface area contributed by atoms with Crippen LogP contribution in [0.15, 0.2) is 103 Å². The number of nitrogens with one attached hydrogen (secondary N) is 1. The number of amides is 3. The number of halogens is 2. The van der Waals surface area contributed by atoms with Gasteiger partial charge in [-0.3, -0.25) is 14.4 Å². The first kappa shape index (κ1) is 27.3. The zero-order valence-corrected chi connectivity index (χ0v) is 22.8. The van der Waals surface area contributed by atoms with Crippen LogP contribution in [-0.4, -0.2) is 52.7 Å². The normalized spacial score (nSPS) is 16.1. The van der Waals surface area contributed by atoms with Crippen molar-refractivity contribution in [1.82, 2.24) is 9.80 Å². The van der Waals surface area contributed by atoms with E-state index in [2.05, 4.69) is 5.32 Å². The van der Waals surface area contributed by atoms with Gasteiger partial charge in [0, 0.05) is 42.0 Å². The lowest BCUT2D eigenvalue weighted by molar-refractivity contribution is 0.0333. The Morgan fingerprint density at radius 2 is 1.38 bits per heavy atom. The second-order valence-electron chi connectivity index (χ2n) is 10.8. The summed E-state index contributed by atoms with van der Waals surface area (Å²) in [6, 6.07) is 27.5. The van der Waals surface area contributed by atoms with Crippen LogP contribution in [0.2, 0.25) is 0 Å². The van der Waals surface area contributed by atoms with Crippen LogP contribution >= 0.6 is 0 Å². The van der Waals surface area contributed by atoms with Crippen LogP contribution in [0.3, 0.4) is 0 Å². The number of nitrogens with zero attached hydrogens (tertiary/aromatic N) is 2. The van der Waals surface area contributed by atoms with E-state index in [0.717, 1.165) is 18.9 Å². The van der Waals surface area contributed by atoms with Gasteiger partial charge in [0.2, 0.25) is 0 Å². The van der Waals surface area contributed by atoms with Crippen LogP contribution in [0.5, 0.6) is 0 Å². The maximum absolute atomic E-state index is 15.2. The van der Waals surface area contributed by atoms with E-state index in [1.54, 1.807) is 71.6 Å². The van der Waals surface area contributed by atoms with E-state index in [1.165, 1.54) is 24.3 Å². The third-order valence-electron chi connectivity index (χ3n) is 8.00. The van der Waals surface area contributed by atoms with Crippen molar-refractivity contribution in [3.63, 3.8) is 0 Å². The number of carbonyl (C=O) groups excluding carboxylic acids is 3. The molecule has 1 saturated heterocycles. The summed E-state index contributed by atoms with van der Waals surface area (Å²) >= 11 is 0. The Morgan fingerprint density at radius 1 is 0.714 bits per heavy atom. The third-order valence-corrected chi connectivity index (χ3v) is 8.00. The lowest BCUT2D eigenvalue weighted by Gasteiger charge is -2.42. The molecule has 6 nitrogen and oxygen atoms in total. The van der Waals surface area contributed by atoms with E-state index in [9.17, 15) is 18.8 Å². The van der Waals surface area contributed by atoms with Crippen LogP contribution in [0, 0.1) is 5.82 Å². The number of hydrogen-bond donors (Lipinski definition) is 1. The van der Waals surface area contributed by atoms with Gasteiger partial charge in [-0.05, 0) is 84.6 Å². The molecule has 1 atom stereocenters. The smallest absolute Gasteiger partial charge is 0.255 e. The molecular formula is C34H29F2N3O3. The molecule has 3 amide bonds.